The molecule has 0 radical (unpaired) electrons. The summed E-state index contributed by atoms with van der Waals surface area (Å²) in [6.45, 7) is 5.69. The number of unbranched alkanes of at least 4 members (excludes halogenated alkanes) is 6. The Morgan fingerprint density at radius 1 is 0.448 bits per heavy atom. The van der Waals surface area contributed by atoms with E-state index in [1.807, 2.05) is 0 Å². The van der Waals surface area contributed by atoms with E-state index in [0.29, 0.717) is 35.8 Å². The SMILES string of the molecule is CCCCCCOc1ccc(C(=O)Oc2ccc(C(=O)O[C@H]3CO[C@H]4[C@@H]3OC[C@H]4OC(=O)c3ccc(OC(=O)c4ccc(OCCCCCC)cc4)cc3)cc2)cc1. The highest BCUT2D eigenvalue weighted by molar-refractivity contribution is 5.93. The number of benzene rings is 4. The Balaban J connectivity index is 0.917. The smallest absolute Gasteiger partial charge is 0.343 e. The zero-order valence-electron chi connectivity index (χ0n) is 32.9. The first-order valence-electron chi connectivity index (χ1n) is 20.1. The van der Waals surface area contributed by atoms with Gasteiger partial charge in [0.05, 0.1) is 48.7 Å². The molecule has 0 amide bonds. The predicted molar refractivity (Wildman–Crippen MR) is 213 cm³/mol. The Morgan fingerprint density at radius 2 is 0.776 bits per heavy atom. The molecule has 6 rings (SSSR count). The third kappa shape index (κ3) is 11.7. The first kappa shape index (κ1) is 41.9. The molecule has 58 heavy (non-hydrogen) atoms. The van der Waals surface area contributed by atoms with Crippen LogP contribution in [0.2, 0.25) is 0 Å². The number of carbonyl (C=O) groups excluding carboxylic acids is 4. The van der Waals surface area contributed by atoms with E-state index in [0.717, 1.165) is 38.5 Å². The number of fused-ring (bicyclic) bond motifs is 1. The van der Waals surface area contributed by atoms with Crippen LogP contribution in [0, 0.1) is 0 Å². The van der Waals surface area contributed by atoms with Crippen molar-refractivity contribution in [1.82, 2.24) is 0 Å². The average Bonchev–Trinajstić information content (AvgIpc) is 3.84. The lowest BCUT2D eigenvalue weighted by Crippen LogP contribution is -2.36. The van der Waals surface area contributed by atoms with Gasteiger partial charge in [0.25, 0.3) is 0 Å². The molecule has 12 nitrogen and oxygen atoms in total. The van der Waals surface area contributed by atoms with Crippen LogP contribution in [-0.2, 0) is 18.9 Å². The molecule has 0 saturated carbocycles. The third-order valence-electron chi connectivity index (χ3n) is 9.79. The van der Waals surface area contributed by atoms with Gasteiger partial charge in [-0.3, -0.25) is 0 Å². The molecule has 2 aliphatic rings. The van der Waals surface area contributed by atoms with Gasteiger partial charge < -0.3 is 37.9 Å². The fourth-order valence-corrected chi connectivity index (χ4v) is 6.50. The van der Waals surface area contributed by atoms with Crippen LogP contribution in [0.3, 0.4) is 0 Å². The van der Waals surface area contributed by atoms with Gasteiger partial charge in [0.2, 0.25) is 0 Å². The van der Waals surface area contributed by atoms with Crippen LogP contribution >= 0.6 is 0 Å². The van der Waals surface area contributed by atoms with Crippen LogP contribution in [0.15, 0.2) is 97.1 Å². The quantitative estimate of drug-likeness (QED) is 0.0480. The summed E-state index contributed by atoms with van der Waals surface area (Å²) in [6, 6.07) is 25.6. The average molecular weight is 795 g/mol. The van der Waals surface area contributed by atoms with Crippen molar-refractivity contribution in [2.24, 2.45) is 0 Å². The van der Waals surface area contributed by atoms with E-state index in [4.69, 9.17) is 37.9 Å². The molecule has 4 atom stereocenters. The minimum atomic E-state index is -0.727. The first-order chi connectivity index (χ1) is 28.3. The lowest BCUT2D eigenvalue weighted by atomic mass is 10.1. The topological polar surface area (TPSA) is 142 Å². The second-order valence-corrected chi connectivity index (χ2v) is 14.2. The van der Waals surface area contributed by atoms with Crippen LogP contribution in [0.5, 0.6) is 23.0 Å². The Kier molecular flexibility index (Phi) is 15.3. The summed E-state index contributed by atoms with van der Waals surface area (Å²) in [5.74, 6) is -0.387. The van der Waals surface area contributed by atoms with Gasteiger partial charge in [0.15, 0.2) is 12.2 Å². The van der Waals surface area contributed by atoms with E-state index in [-0.39, 0.29) is 35.8 Å². The van der Waals surface area contributed by atoms with Crippen molar-refractivity contribution in [3.63, 3.8) is 0 Å². The highest BCUT2D eigenvalue weighted by atomic mass is 16.7. The molecule has 0 aromatic heterocycles. The Morgan fingerprint density at radius 3 is 1.12 bits per heavy atom. The van der Waals surface area contributed by atoms with Crippen LogP contribution < -0.4 is 18.9 Å². The molecule has 2 saturated heterocycles. The second-order valence-electron chi connectivity index (χ2n) is 14.2. The van der Waals surface area contributed by atoms with E-state index in [1.54, 1.807) is 48.5 Å². The number of hydrogen-bond donors (Lipinski definition) is 0. The van der Waals surface area contributed by atoms with Gasteiger partial charge in [0, 0.05) is 0 Å². The van der Waals surface area contributed by atoms with E-state index < -0.39 is 48.3 Å². The van der Waals surface area contributed by atoms with Crippen LogP contribution in [0.25, 0.3) is 0 Å². The highest BCUT2D eigenvalue weighted by Gasteiger charge is 2.51. The summed E-state index contributed by atoms with van der Waals surface area (Å²) in [5, 5.41) is 0. The Hall–Kier alpha value is -5.72. The van der Waals surface area contributed by atoms with E-state index >= 15 is 0 Å². The van der Waals surface area contributed by atoms with Crippen LogP contribution in [0.1, 0.15) is 107 Å². The largest absolute Gasteiger partial charge is 0.494 e. The number of esters is 4. The molecule has 2 heterocycles. The molecule has 2 aliphatic heterocycles. The maximum atomic E-state index is 13.0. The van der Waals surface area contributed by atoms with Gasteiger partial charge in [-0.2, -0.15) is 0 Å². The molecule has 0 bridgehead atoms. The first-order valence-corrected chi connectivity index (χ1v) is 20.1. The normalized spacial score (nSPS) is 18.2. The summed E-state index contributed by atoms with van der Waals surface area (Å²) < 4.78 is 45.6. The fraction of sp³-hybridized carbons (Fsp3) is 0.391. The maximum Gasteiger partial charge on any atom is 0.343 e. The standard InChI is InChI=1S/C46H50O12/c1-3-5-7-9-27-51-35-19-11-31(12-20-35)43(47)55-37-23-15-33(16-24-37)45(49)57-39-29-53-42-40(30-54-41(39)42)58-46(50)34-17-25-38(26-18-34)56-44(48)32-13-21-36(22-14-32)52-28-10-8-6-4-2/h11-26,39-42H,3-10,27-30H2,1-2H3/t39-,40+,41-,42-/m1/s1. The zero-order chi connectivity index (χ0) is 40.7. The van der Waals surface area contributed by atoms with Crippen molar-refractivity contribution in [2.75, 3.05) is 26.4 Å². The van der Waals surface area contributed by atoms with E-state index in [1.165, 1.54) is 61.4 Å². The zero-order valence-corrected chi connectivity index (χ0v) is 32.9. The number of rotatable bonds is 20. The van der Waals surface area contributed by atoms with Crippen molar-refractivity contribution in [3.05, 3.63) is 119 Å². The minimum Gasteiger partial charge on any atom is -0.494 e. The molecule has 0 aliphatic carbocycles. The Labute approximate surface area is 338 Å². The number of carbonyl (C=O) groups is 4. The number of ether oxygens (including phenoxy) is 8. The van der Waals surface area contributed by atoms with Crippen molar-refractivity contribution in [1.29, 1.82) is 0 Å². The van der Waals surface area contributed by atoms with Gasteiger partial charge in [0.1, 0.15) is 35.2 Å². The molecular formula is C46H50O12. The van der Waals surface area contributed by atoms with Crippen LogP contribution in [0.4, 0.5) is 0 Å². The summed E-state index contributed by atoms with van der Waals surface area (Å²) in [4.78, 5) is 51.4. The minimum absolute atomic E-state index is 0.0579. The van der Waals surface area contributed by atoms with Gasteiger partial charge >= 0.3 is 23.9 Å². The lowest BCUT2D eigenvalue weighted by molar-refractivity contribution is -0.0287. The molecule has 0 spiro atoms. The molecule has 0 unspecified atom stereocenters. The van der Waals surface area contributed by atoms with Crippen molar-refractivity contribution in [3.8, 4) is 23.0 Å². The molecule has 12 heteroatoms. The highest BCUT2D eigenvalue weighted by Crippen LogP contribution is 2.32. The molecule has 4 aromatic carbocycles. The summed E-state index contributed by atoms with van der Waals surface area (Å²) >= 11 is 0. The predicted octanol–water partition coefficient (Wildman–Crippen LogP) is 8.59. The van der Waals surface area contributed by atoms with E-state index in [9.17, 15) is 19.2 Å². The van der Waals surface area contributed by atoms with Gasteiger partial charge in [-0.05, 0) is 110 Å². The lowest BCUT2D eigenvalue weighted by Gasteiger charge is -2.17. The second kappa shape index (κ2) is 21.2. The van der Waals surface area contributed by atoms with E-state index in [2.05, 4.69) is 13.8 Å². The van der Waals surface area contributed by atoms with Gasteiger partial charge in [-0.1, -0.05) is 52.4 Å². The fourth-order valence-electron chi connectivity index (χ4n) is 6.50. The number of hydrogen-bond acceptors (Lipinski definition) is 12. The molecular weight excluding hydrogens is 744 g/mol. The van der Waals surface area contributed by atoms with Crippen LogP contribution in [-0.4, -0.2) is 74.7 Å². The summed E-state index contributed by atoms with van der Waals surface area (Å²) in [7, 11) is 0. The third-order valence-corrected chi connectivity index (χ3v) is 9.79. The van der Waals surface area contributed by atoms with Gasteiger partial charge in [-0.15, -0.1) is 0 Å². The summed E-state index contributed by atoms with van der Waals surface area (Å²) in [6.07, 6.45) is 6.18. The molecule has 0 N–H and O–H groups in total. The Bertz CT molecular complexity index is 1800. The van der Waals surface area contributed by atoms with Crippen molar-refractivity contribution < 1.29 is 57.1 Å². The van der Waals surface area contributed by atoms with Crippen molar-refractivity contribution >= 4 is 23.9 Å². The van der Waals surface area contributed by atoms with Crippen molar-refractivity contribution in [2.45, 2.75) is 89.6 Å². The molecule has 306 valence electrons. The molecule has 2 fully saturated rings. The summed E-state index contributed by atoms with van der Waals surface area (Å²) in [5.41, 5.74) is 1.22. The maximum absolute atomic E-state index is 13.0. The monoisotopic (exact) mass is 794 g/mol. The van der Waals surface area contributed by atoms with Gasteiger partial charge in [-0.25, -0.2) is 19.2 Å². The molecule has 4 aromatic rings.